The van der Waals surface area contributed by atoms with Crippen LogP contribution in [0.25, 0.3) is 10.7 Å². The fourth-order valence-electron chi connectivity index (χ4n) is 3.29. The maximum absolute atomic E-state index is 12.3. The molecule has 1 aromatic carbocycles. The molecule has 1 aliphatic heterocycles. The number of carbonyl (C=O) groups excluding carboxylic acids is 1. The molecule has 0 spiro atoms. The van der Waals surface area contributed by atoms with Gasteiger partial charge in [0.2, 0.25) is 5.82 Å². The number of quaternary nitrogens is 2. The number of rotatable bonds is 6. The van der Waals surface area contributed by atoms with E-state index in [4.69, 9.17) is 11.6 Å². The number of tetrazole rings is 1. The lowest BCUT2D eigenvalue weighted by molar-refractivity contribution is -1.02. The van der Waals surface area contributed by atoms with Crippen LogP contribution in [0.2, 0.25) is 5.02 Å². The smallest absolute Gasteiger partial charge is 0.279 e. The summed E-state index contributed by atoms with van der Waals surface area (Å²) in [6.45, 7) is 4.92. The highest BCUT2D eigenvalue weighted by atomic mass is 35.5. The van der Waals surface area contributed by atoms with Crippen LogP contribution in [0, 0.1) is 0 Å². The van der Waals surface area contributed by atoms with Gasteiger partial charge in [0, 0.05) is 0 Å². The molecule has 0 atom stereocenters. The van der Waals surface area contributed by atoms with Crippen LogP contribution < -0.4 is 15.1 Å². The van der Waals surface area contributed by atoms with Gasteiger partial charge in [-0.25, -0.2) is 0 Å². The number of carbonyl (C=O) groups is 1. The fraction of sp³-hybridized carbons (Fsp3) is 0.333. The van der Waals surface area contributed by atoms with Gasteiger partial charge in [0.1, 0.15) is 26.2 Å². The number of piperazine rings is 1. The largest absolute Gasteiger partial charge is 0.320 e. The number of halogens is 1. The molecular formula is C18H22ClN7OS+2. The van der Waals surface area contributed by atoms with Crippen LogP contribution in [-0.2, 0) is 11.5 Å². The first-order valence-corrected chi connectivity index (χ1v) is 10.5. The zero-order valence-corrected chi connectivity index (χ0v) is 16.8. The first-order chi connectivity index (χ1) is 13.7. The van der Waals surface area contributed by atoms with Crippen molar-refractivity contribution in [2.45, 2.75) is 6.67 Å². The molecule has 0 aliphatic carbocycles. The van der Waals surface area contributed by atoms with Crippen molar-refractivity contribution in [1.82, 2.24) is 20.2 Å². The molecule has 0 saturated carbocycles. The number of benzene rings is 1. The predicted molar refractivity (Wildman–Crippen MR) is 107 cm³/mol. The third kappa shape index (κ3) is 4.74. The van der Waals surface area contributed by atoms with E-state index in [1.54, 1.807) is 22.2 Å². The molecular weight excluding hydrogens is 398 g/mol. The Balaban J connectivity index is 1.23. The summed E-state index contributed by atoms with van der Waals surface area (Å²) in [5.74, 6) is 0.667. The minimum atomic E-state index is -0.00918. The highest BCUT2D eigenvalue weighted by Crippen LogP contribution is 2.20. The van der Waals surface area contributed by atoms with E-state index in [9.17, 15) is 4.79 Å². The number of hydrogen-bond donors (Lipinski definition) is 3. The second kappa shape index (κ2) is 8.78. The summed E-state index contributed by atoms with van der Waals surface area (Å²) in [4.78, 5) is 17.7. The molecule has 4 rings (SSSR count). The van der Waals surface area contributed by atoms with E-state index in [-0.39, 0.29) is 5.91 Å². The molecule has 3 heterocycles. The molecule has 0 unspecified atom stereocenters. The molecule has 1 fully saturated rings. The summed E-state index contributed by atoms with van der Waals surface area (Å²) in [7, 11) is 0. The minimum Gasteiger partial charge on any atom is -0.320 e. The Bertz CT molecular complexity index is 922. The van der Waals surface area contributed by atoms with Gasteiger partial charge in [-0.15, -0.1) is 26.3 Å². The standard InChI is InChI=1S/C18H20ClN7OS/c19-14-4-1-2-5-15(14)20-17(27)12-24-7-9-25(10-8-24)13-26-22-18(21-23-26)16-6-3-11-28-16/h1-6,11H,7-10,12-13H2,(H,20,27)/p+2. The molecule has 146 valence electrons. The van der Waals surface area contributed by atoms with Gasteiger partial charge in [-0.1, -0.05) is 29.8 Å². The molecule has 1 saturated heterocycles. The van der Waals surface area contributed by atoms with E-state index in [0.29, 0.717) is 29.7 Å². The number of nitrogens with zero attached hydrogens (tertiary/aromatic N) is 4. The molecule has 3 aromatic rings. The highest BCUT2D eigenvalue weighted by molar-refractivity contribution is 7.13. The normalized spacial score (nSPS) is 19.5. The molecule has 8 nitrogen and oxygen atoms in total. The van der Waals surface area contributed by atoms with E-state index in [1.807, 2.05) is 35.7 Å². The third-order valence-electron chi connectivity index (χ3n) is 4.78. The Morgan fingerprint density at radius 2 is 1.93 bits per heavy atom. The van der Waals surface area contributed by atoms with Gasteiger partial charge in [-0.2, -0.15) is 0 Å². The zero-order valence-electron chi connectivity index (χ0n) is 15.3. The van der Waals surface area contributed by atoms with Gasteiger partial charge < -0.3 is 15.1 Å². The van der Waals surface area contributed by atoms with Crippen molar-refractivity contribution < 1.29 is 14.6 Å². The van der Waals surface area contributed by atoms with Crippen LogP contribution in [-0.4, -0.2) is 58.8 Å². The van der Waals surface area contributed by atoms with Crippen LogP contribution in [0.4, 0.5) is 5.69 Å². The predicted octanol–water partition coefficient (Wildman–Crippen LogP) is -0.565. The lowest BCUT2D eigenvalue weighted by atomic mass is 10.3. The summed E-state index contributed by atoms with van der Waals surface area (Å²) < 4.78 is 0. The van der Waals surface area contributed by atoms with Crippen molar-refractivity contribution in [3.8, 4) is 10.7 Å². The maximum atomic E-state index is 12.3. The molecule has 10 heteroatoms. The van der Waals surface area contributed by atoms with Crippen LogP contribution >= 0.6 is 22.9 Å². The average molecular weight is 420 g/mol. The van der Waals surface area contributed by atoms with E-state index in [1.165, 1.54) is 9.80 Å². The lowest BCUT2D eigenvalue weighted by Gasteiger charge is -2.28. The Morgan fingerprint density at radius 1 is 1.14 bits per heavy atom. The van der Waals surface area contributed by atoms with Crippen LogP contribution in [0.1, 0.15) is 0 Å². The molecule has 1 aliphatic rings. The van der Waals surface area contributed by atoms with E-state index in [2.05, 4.69) is 20.7 Å². The van der Waals surface area contributed by atoms with Crippen molar-refractivity contribution in [2.75, 3.05) is 38.0 Å². The number of anilines is 1. The first-order valence-electron chi connectivity index (χ1n) is 9.20. The Kier molecular flexibility index (Phi) is 5.96. The second-order valence-electron chi connectivity index (χ2n) is 6.83. The monoisotopic (exact) mass is 419 g/mol. The number of hydrogen-bond acceptors (Lipinski definition) is 5. The van der Waals surface area contributed by atoms with Gasteiger partial charge in [0.25, 0.3) is 5.91 Å². The molecule has 2 aromatic heterocycles. The highest BCUT2D eigenvalue weighted by Gasteiger charge is 2.25. The van der Waals surface area contributed by atoms with Crippen LogP contribution in [0.15, 0.2) is 41.8 Å². The van der Waals surface area contributed by atoms with Gasteiger partial charge in [-0.3, -0.25) is 4.79 Å². The summed E-state index contributed by atoms with van der Waals surface area (Å²) in [6.07, 6.45) is 0. The van der Waals surface area contributed by atoms with Gasteiger partial charge >= 0.3 is 0 Å². The summed E-state index contributed by atoms with van der Waals surface area (Å²) in [6, 6.07) is 11.3. The van der Waals surface area contributed by atoms with Crippen molar-refractivity contribution >= 4 is 34.5 Å². The first kappa shape index (κ1) is 19.0. The van der Waals surface area contributed by atoms with E-state index >= 15 is 0 Å². The summed E-state index contributed by atoms with van der Waals surface area (Å²) in [5.41, 5.74) is 0.664. The number of aromatic nitrogens is 4. The molecule has 3 N–H and O–H groups in total. The Hall–Kier alpha value is -2.33. The Labute approximate surface area is 171 Å². The minimum absolute atomic E-state index is 0.00918. The summed E-state index contributed by atoms with van der Waals surface area (Å²) >= 11 is 7.71. The quantitative estimate of drug-likeness (QED) is 0.500. The SMILES string of the molecule is O=C(C[NH+]1CC[NH+](Cn2nnc(-c3cccs3)n2)CC1)Nc1ccccc1Cl. The number of para-hydroxylation sites is 1. The van der Waals surface area contributed by atoms with Gasteiger partial charge in [0.15, 0.2) is 13.2 Å². The van der Waals surface area contributed by atoms with Crippen LogP contribution in [0.5, 0.6) is 0 Å². The van der Waals surface area contributed by atoms with E-state index < -0.39 is 0 Å². The number of amides is 1. The topological polar surface area (TPSA) is 81.6 Å². The number of thiophene rings is 1. The van der Waals surface area contributed by atoms with Gasteiger partial charge in [-0.05, 0) is 28.8 Å². The average Bonchev–Trinajstić information content (AvgIpc) is 3.37. The zero-order chi connectivity index (χ0) is 19.3. The van der Waals surface area contributed by atoms with Crippen molar-refractivity contribution in [2.24, 2.45) is 0 Å². The van der Waals surface area contributed by atoms with Crippen LogP contribution in [0.3, 0.4) is 0 Å². The Morgan fingerprint density at radius 3 is 2.68 bits per heavy atom. The fourth-order valence-corrected chi connectivity index (χ4v) is 4.12. The van der Waals surface area contributed by atoms with Gasteiger partial charge in [0.05, 0.1) is 15.6 Å². The van der Waals surface area contributed by atoms with Crippen molar-refractivity contribution in [3.05, 3.63) is 46.8 Å². The van der Waals surface area contributed by atoms with Crippen molar-refractivity contribution in [1.29, 1.82) is 0 Å². The third-order valence-corrected chi connectivity index (χ3v) is 5.98. The molecule has 0 bridgehead atoms. The maximum Gasteiger partial charge on any atom is 0.279 e. The lowest BCUT2D eigenvalue weighted by Crippen LogP contribution is -3.28. The second-order valence-corrected chi connectivity index (χ2v) is 8.18. The van der Waals surface area contributed by atoms with Crippen molar-refractivity contribution in [3.63, 3.8) is 0 Å². The number of nitrogens with one attached hydrogen (secondary N) is 3. The van der Waals surface area contributed by atoms with E-state index in [0.717, 1.165) is 31.1 Å². The molecule has 1 amide bonds. The summed E-state index contributed by atoms with van der Waals surface area (Å²) in [5, 5.41) is 18.2. The molecule has 0 radical (unpaired) electrons. The molecule has 28 heavy (non-hydrogen) atoms.